The van der Waals surface area contributed by atoms with Crippen LogP contribution in [-0.2, 0) is 19.4 Å². The molecule has 3 N–H and O–H groups in total. The molecule has 0 amide bonds. The molecule has 84 valence electrons. The number of nitrogens with one attached hydrogen (secondary N) is 1. The molecule has 0 saturated carbocycles. The van der Waals surface area contributed by atoms with E-state index in [4.69, 9.17) is 5.73 Å². The van der Waals surface area contributed by atoms with Crippen LogP contribution in [0.2, 0.25) is 0 Å². The maximum atomic E-state index is 5.75. The van der Waals surface area contributed by atoms with Crippen LogP contribution in [0.1, 0.15) is 35.2 Å². The van der Waals surface area contributed by atoms with Gasteiger partial charge in [-0.1, -0.05) is 12.1 Å². The molecule has 0 atom stereocenters. The van der Waals surface area contributed by atoms with Gasteiger partial charge in [0.05, 0.1) is 0 Å². The number of nitrogens with two attached hydrogens (primary N) is 1. The molecule has 0 unspecified atom stereocenters. The van der Waals surface area contributed by atoms with Gasteiger partial charge in [-0.15, -0.1) is 0 Å². The van der Waals surface area contributed by atoms with Crippen molar-refractivity contribution in [1.82, 2.24) is 4.98 Å². The number of aromatic nitrogens is 1. The van der Waals surface area contributed by atoms with Crippen molar-refractivity contribution in [3.8, 4) is 0 Å². The molecule has 1 heterocycles. The highest BCUT2D eigenvalue weighted by Crippen LogP contribution is 2.31. The number of aryl methyl sites for hydroxylation is 3. The van der Waals surface area contributed by atoms with E-state index < -0.39 is 0 Å². The number of rotatable bonds is 1. The van der Waals surface area contributed by atoms with E-state index in [0.717, 1.165) is 0 Å². The van der Waals surface area contributed by atoms with E-state index in [-0.39, 0.29) is 0 Å². The van der Waals surface area contributed by atoms with E-state index in [1.165, 1.54) is 53.4 Å². The lowest BCUT2D eigenvalue weighted by molar-refractivity contribution is 0.680. The second-order valence-electron chi connectivity index (χ2n) is 4.77. The van der Waals surface area contributed by atoms with Gasteiger partial charge in [-0.05, 0) is 49.3 Å². The highest BCUT2D eigenvalue weighted by molar-refractivity contribution is 5.88. The second kappa shape index (κ2) is 3.63. The van der Waals surface area contributed by atoms with Crippen molar-refractivity contribution in [2.75, 3.05) is 0 Å². The minimum absolute atomic E-state index is 0.630. The van der Waals surface area contributed by atoms with Gasteiger partial charge >= 0.3 is 0 Å². The third-order valence-electron chi connectivity index (χ3n) is 3.87. The number of benzene rings is 1. The lowest BCUT2D eigenvalue weighted by atomic mass is 9.94. The molecule has 0 aliphatic heterocycles. The molecule has 0 radical (unpaired) electrons. The molecule has 0 fully saturated rings. The summed E-state index contributed by atoms with van der Waals surface area (Å²) in [6.07, 6.45) is 5.10. The van der Waals surface area contributed by atoms with E-state index in [9.17, 15) is 0 Å². The van der Waals surface area contributed by atoms with Gasteiger partial charge < -0.3 is 10.7 Å². The average molecular weight is 214 g/mol. The number of H-pyrrole nitrogens is 1. The summed E-state index contributed by atoms with van der Waals surface area (Å²) in [5, 5.41) is 1.42. The van der Waals surface area contributed by atoms with Gasteiger partial charge in [0.2, 0.25) is 0 Å². The molecule has 1 aliphatic carbocycles. The molecule has 2 aromatic rings. The van der Waals surface area contributed by atoms with Gasteiger partial charge in [-0.2, -0.15) is 0 Å². The minimum Gasteiger partial charge on any atom is -0.358 e. The lowest BCUT2D eigenvalue weighted by Crippen LogP contribution is -2.00. The largest absolute Gasteiger partial charge is 0.358 e. The fourth-order valence-electron chi connectivity index (χ4n) is 2.88. The maximum absolute atomic E-state index is 5.75. The average Bonchev–Trinajstić information content (AvgIpc) is 2.69. The Morgan fingerprint density at radius 3 is 2.88 bits per heavy atom. The van der Waals surface area contributed by atoms with Gasteiger partial charge in [0, 0.05) is 23.1 Å². The van der Waals surface area contributed by atoms with E-state index in [0.29, 0.717) is 6.54 Å². The van der Waals surface area contributed by atoms with Gasteiger partial charge in [-0.3, -0.25) is 0 Å². The fraction of sp³-hybridized carbons (Fsp3) is 0.429. The standard InChI is InChI=1S/C14H18N2/c1-9-10(8-15)6-7-12-11-4-2-3-5-13(11)16-14(9)12/h6-7,16H,2-5,8,15H2,1H3. The number of fused-ring (bicyclic) bond motifs is 3. The Hall–Kier alpha value is -1.28. The topological polar surface area (TPSA) is 41.8 Å². The highest BCUT2D eigenvalue weighted by Gasteiger charge is 2.16. The van der Waals surface area contributed by atoms with Crippen molar-refractivity contribution in [1.29, 1.82) is 0 Å². The van der Waals surface area contributed by atoms with Gasteiger partial charge in [0.15, 0.2) is 0 Å². The summed E-state index contributed by atoms with van der Waals surface area (Å²) in [6.45, 7) is 2.80. The van der Waals surface area contributed by atoms with E-state index >= 15 is 0 Å². The molecule has 16 heavy (non-hydrogen) atoms. The zero-order valence-corrected chi connectivity index (χ0v) is 9.77. The molecule has 0 bridgehead atoms. The smallest absolute Gasteiger partial charge is 0.0491 e. The summed E-state index contributed by atoms with van der Waals surface area (Å²) < 4.78 is 0. The number of aromatic amines is 1. The summed E-state index contributed by atoms with van der Waals surface area (Å²) in [6, 6.07) is 4.42. The summed E-state index contributed by atoms with van der Waals surface area (Å²) in [5.74, 6) is 0. The summed E-state index contributed by atoms with van der Waals surface area (Å²) >= 11 is 0. The minimum atomic E-state index is 0.630. The first-order chi connectivity index (χ1) is 7.81. The Labute approximate surface area is 95.8 Å². The van der Waals surface area contributed by atoms with Crippen molar-refractivity contribution in [3.63, 3.8) is 0 Å². The Balaban J connectivity index is 2.30. The maximum Gasteiger partial charge on any atom is 0.0491 e. The Bertz CT molecular complexity index is 537. The zero-order chi connectivity index (χ0) is 11.1. The molecule has 0 spiro atoms. The van der Waals surface area contributed by atoms with Gasteiger partial charge in [0.1, 0.15) is 0 Å². The molecule has 2 nitrogen and oxygen atoms in total. The normalized spacial score (nSPS) is 15.4. The van der Waals surface area contributed by atoms with Crippen molar-refractivity contribution >= 4 is 10.9 Å². The third-order valence-corrected chi connectivity index (χ3v) is 3.87. The molecular weight excluding hydrogens is 196 g/mol. The van der Waals surface area contributed by atoms with E-state index in [1.807, 2.05) is 0 Å². The molecule has 3 rings (SSSR count). The van der Waals surface area contributed by atoms with Crippen LogP contribution in [0.4, 0.5) is 0 Å². The predicted molar refractivity (Wildman–Crippen MR) is 67.6 cm³/mol. The molecule has 0 saturated heterocycles. The lowest BCUT2D eigenvalue weighted by Gasteiger charge is -2.10. The van der Waals surface area contributed by atoms with Crippen LogP contribution < -0.4 is 5.73 Å². The summed E-state index contributed by atoms with van der Waals surface area (Å²) in [5.41, 5.74) is 12.7. The Morgan fingerprint density at radius 1 is 1.25 bits per heavy atom. The summed E-state index contributed by atoms with van der Waals surface area (Å²) in [4.78, 5) is 3.60. The quantitative estimate of drug-likeness (QED) is 0.753. The Kier molecular flexibility index (Phi) is 2.25. The monoisotopic (exact) mass is 214 g/mol. The van der Waals surface area contributed by atoms with Crippen LogP contribution in [-0.4, -0.2) is 4.98 Å². The first kappa shape index (κ1) is 9.91. The SMILES string of the molecule is Cc1c(CN)ccc2c3c([nH]c12)CCCC3. The number of hydrogen-bond acceptors (Lipinski definition) is 1. The van der Waals surface area contributed by atoms with E-state index in [2.05, 4.69) is 24.0 Å². The van der Waals surface area contributed by atoms with Crippen molar-refractivity contribution in [2.24, 2.45) is 5.73 Å². The van der Waals surface area contributed by atoms with Crippen LogP contribution in [0.3, 0.4) is 0 Å². The van der Waals surface area contributed by atoms with E-state index in [1.54, 1.807) is 5.56 Å². The molecule has 1 aliphatic rings. The summed E-state index contributed by atoms with van der Waals surface area (Å²) in [7, 11) is 0. The predicted octanol–water partition coefficient (Wildman–Crippen LogP) is 2.81. The van der Waals surface area contributed by atoms with Gasteiger partial charge in [0.25, 0.3) is 0 Å². The Morgan fingerprint density at radius 2 is 2.06 bits per heavy atom. The molecule has 1 aromatic heterocycles. The van der Waals surface area contributed by atoms with Crippen molar-refractivity contribution in [2.45, 2.75) is 39.2 Å². The van der Waals surface area contributed by atoms with Crippen LogP contribution in [0.5, 0.6) is 0 Å². The van der Waals surface area contributed by atoms with Gasteiger partial charge in [-0.25, -0.2) is 0 Å². The number of hydrogen-bond donors (Lipinski definition) is 2. The molecule has 2 heteroatoms. The first-order valence-corrected chi connectivity index (χ1v) is 6.13. The highest BCUT2D eigenvalue weighted by atomic mass is 14.7. The van der Waals surface area contributed by atoms with Crippen LogP contribution in [0, 0.1) is 6.92 Å². The molecule has 1 aromatic carbocycles. The zero-order valence-electron chi connectivity index (χ0n) is 9.77. The second-order valence-corrected chi connectivity index (χ2v) is 4.77. The third kappa shape index (κ3) is 1.30. The first-order valence-electron chi connectivity index (χ1n) is 6.13. The van der Waals surface area contributed by atoms with Crippen molar-refractivity contribution in [3.05, 3.63) is 34.5 Å². The van der Waals surface area contributed by atoms with Crippen molar-refractivity contribution < 1.29 is 0 Å². The van der Waals surface area contributed by atoms with Crippen LogP contribution in [0.25, 0.3) is 10.9 Å². The van der Waals surface area contributed by atoms with Crippen LogP contribution >= 0.6 is 0 Å². The fourth-order valence-corrected chi connectivity index (χ4v) is 2.88. The molecular formula is C14H18N2. The van der Waals surface area contributed by atoms with Crippen LogP contribution in [0.15, 0.2) is 12.1 Å².